The third-order valence-corrected chi connectivity index (χ3v) is 3.73. The summed E-state index contributed by atoms with van der Waals surface area (Å²) in [6, 6.07) is 6.40. The molecule has 1 spiro atoms. The molecule has 0 aliphatic carbocycles. The molecular formula is C13H18N2O. The van der Waals surface area contributed by atoms with Crippen LogP contribution in [0, 0.1) is 6.92 Å². The number of hydrogen-bond donors (Lipinski definition) is 2. The average molecular weight is 218 g/mol. The van der Waals surface area contributed by atoms with Gasteiger partial charge in [0.15, 0.2) is 0 Å². The zero-order valence-electron chi connectivity index (χ0n) is 9.68. The van der Waals surface area contributed by atoms with Gasteiger partial charge in [-0.1, -0.05) is 12.1 Å². The molecular weight excluding hydrogens is 200 g/mol. The number of benzene rings is 1. The summed E-state index contributed by atoms with van der Waals surface area (Å²) in [4.78, 5) is 0. The first-order valence-corrected chi connectivity index (χ1v) is 5.99. The van der Waals surface area contributed by atoms with Gasteiger partial charge in [-0.3, -0.25) is 0 Å². The highest BCUT2D eigenvalue weighted by Gasteiger charge is 2.35. The summed E-state index contributed by atoms with van der Waals surface area (Å²) in [6.45, 7) is 4.91. The number of anilines is 2. The molecule has 16 heavy (non-hydrogen) atoms. The van der Waals surface area contributed by atoms with Crippen molar-refractivity contribution in [2.75, 3.05) is 30.4 Å². The number of aryl methyl sites for hydroxylation is 1. The van der Waals surface area contributed by atoms with Crippen LogP contribution in [0.4, 0.5) is 11.4 Å². The third kappa shape index (κ3) is 1.55. The van der Waals surface area contributed by atoms with Gasteiger partial charge in [0, 0.05) is 19.8 Å². The zero-order chi connectivity index (χ0) is 11.0. The molecule has 1 aromatic carbocycles. The Morgan fingerprint density at radius 3 is 2.88 bits per heavy atom. The quantitative estimate of drug-likeness (QED) is 0.701. The van der Waals surface area contributed by atoms with E-state index in [-0.39, 0.29) is 5.54 Å². The van der Waals surface area contributed by atoms with Gasteiger partial charge in [0.2, 0.25) is 0 Å². The average Bonchev–Trinajstić information content (AvgIpc) is 2.32. The molecule has 1 fully saturated rings. The first-order chi connectivity index (χ1) is 7.79. The Labute approximate surface area is 96.2 Å². The number of rotatable bonds is 0. The minimum Gasteiger partial charge on any atom is -0.381 e. The standard InChI is InChI=1S/C13H18N2O/c1-10-3-2-4-11-12(10)15-13(9-14-11)5-7-16-8-6-13/h2-4,14-15H,5-9H2,1H3. The Hall–Kier alpha value is -1.22. The molecule has 0 bridgehead atoms. The summed E-state index contributed by atoms with van der Waals surface area (Å²) < 4.78 is 5.45. The molecule has 0 unspecified atom stereocenters. The van der Waals surface area contributed by atoms with Crippen LogP contribution in [-0.2, 0) is 4.74 Å². The SMILES string of the molecule is Cc1cccc2c1NC1(CCOCC1)CN2. The lowest BCUT2D eigenvalue weighted by Crippen LogP contribution is -2.51. The number of fused-ring (bicyclic) bond motifs is 1. The molecule has 2 aliphatic rings. The highest BCUT2D eigenvalue weighted by molar-refractivity contribution is 5.75. The van der Waals surface area contributed by atoms with E-state index in [1.807, 2.05) is 0 Å². The Balaban J connectivity index is 1.92. The Morgan fingerprint density at radius 1 is 1.25 bits per heavy atom. The molecule has 3 nitrogen and oxygen atoms in total. The van der Waals surface area contributed by atoms with Crippen molar-refractivity contribution in [3.63, 3.8) is 0 Å². The molecule has 86 valence electrons. The molecule has 2 aliphatic heterocycles. The molecule has 3 rings (SSSR count). The van der Waals surface area contributed by atoms with Crippen molar-refractivity contribution in [3.05, 3.63) is 23.8 Å². The topological polar surface area (TPSA) is 33.3 Å². The first kappa shape index (κ1) is 9.97. The second-order valence-corrected chi connectivity index (χ2v) is 4.87. The van der Waals surface area contributed by atoms with E-state index < -0.39 is 0 Å². The van der Waals surface area contributed by atoms with Gasteiger partial charge in [-0.05, 0) is 31.4 Å². The van der Waals surface area contributed by atoms with Crippen LogP contribution < -0.4 is 10.6 Å². The fourth-order valence-electron chi connectivity index (χ4n) is 2.62. The maximum atomic E-state index is 5.45. The highest BCUT2D eigenvalue weighted by atomic mass is 16.5. The molecule has 2 N–H and O–H groups in total. The lowest BCUT2D eigenvalue weighted by Gasteiger charge is -2.43. The van der Waals surface area contributed by atoms with E-state index in [1.165, 1.54) is 16.9 Å². The summed E-state index contributed by atoms with van der Waals surface area (Å²) in [7, 11) is 0. The largest absolute Gasteiger partial charge is 0.381 e. The van der Waals surface area contributed by atoms with E-state index in [1.54, 1.807) is 0 Å². The molecule has 1 saturated heterocycles. The second kappa shape index (κ2) is 3.67. The van der Waals surface area contributed by atoms with Crippen LogP contribution >= 0.6 is 0 Å². The number of nitrogens with one attached hydrogen (secondary N) is 2. The van der Waals surface area contributed by atoms with E-state index in [0.29, 0.717) is 0 Å². The second-order valence-electron chi connectivity index (χ2n) is 4.87. The third-order valence-electron chi connectivity index (χ3n) is 3.73. The van der Waals surface area contributed by atoms with Crippen molar-refractivity contribution in [3.8, 4) is 0 Å². The van der Waals surface area contributed by atoms with Gasteiger partial charge >= 0.3 is 0 Å². The van der Waals surface area contributed by atoms with E-state index in [4.69, 9.17) is 4.74 Å². The van der Waals surface area contributed by atoms with Gasteiger partial charge in [0.1, 0.15) is 0 Å². The Kier molecular flexibility index (Phi) is 2.28. The van der Waals surface area contributed by atoms with Gasteiger partial charge in [0.25, 0.3) is 0 Å². The summed E-state index contributed by atoms with van der Waals surface area (Å²) >= 11 is 0. The molecule has 0 amide bonds. The van der Waals surface area contributed by atoms with Crippen LogP contribution in [0.15, 0.2) is 18.2 Å². The smallest absolute Gasteiger partial charge is 0.0610 e. The van der Waals surface area contributed by atoms with Crippen molar-refractivity contribution in [2.45, 2.75) is 25.3 Å². The summed E-state index contributed by atoms with van der Waals surface area (Å²) in [5.74, 6) is 0. The molecule has 0 radical (unpaired) electrons. The summed E-state index contributed by atoms with van der Waals surface area (Å²) in [5, 5.41) is 7.28. The van der Waals surface area contributed by atoms with Crippen LogP contribution in [0.1, 0.15) is 18.4 Å². The first-order valence-electron chi connectivity index (χ1n) is 5.99. The van der Waals surface area contributed by atoms with Crippen LogP contribution in [-0.4, -0.2) is 25.3 Å². The predicted octanol–water partition coefficient (Wildman–Crippen LogP) is 2.38. The maximum absolute atomic E-state index is 5.45. The predicted molar refractivity (Wildman–Crippen MR) is 66.1 cm³/mol. The lowest BCUT2D eigenvalue weighted by molar-refractivity contribution is 0.0634. The highest BCUT2D eigenvalue weighted by Crippen LogP contribution is 2.36. The molecule has 2 heterocycles. The molecule has 0 aromatic heterocycles. The number of para-hydroxylation sites is 1. The minimum atomic E-state index is 0.206. The number of ether oxygens (including phenoxy) is 1. The van der Waals surface area contributed by atoms with Gasteiger partial charge in [-0.2, -0.15) is 0 Å². The van der Waals surface area contributed by atoms with Crippen molar-refractivity contribution < 1.29 is 4.74 Å². The molecule has 3 heteroatoms. The van der Waals surface area contributed by atoms with E-state index in [2.05, 4.69) is 35.8 Å². The van der Waals surface area contributed by atoms with Crippen molar-refractivity contribution in [1.82, 2.24) is 0 Å². The van der Waals surface area contributed by atoms with E-state index >= 15 is 0 Å². The Bertz CT molecular complexity index is 397. The van der Waals surface area contributed by atoms with Gasteiger partial charge in [-0.25, -0.2) is 0 Å². The summed E-state index contributed by atoms with van der Waals surface area (Å²) in [5.41, 5.74) is 4.03. The molecule has 0 saturated carbocycles. The van der Waals surface area contributed by atoms with Crippen molar-refractivity contribution in [1.29, 1.82) is 0 Å². The fraction of sp³-hybridized carbons (Fsp3) is 0.538. The van der Waals surface area contributed by atoms with Gasteiger partial charge < -0.3 is 15.4 Å². The normalized spacial score (nSPS) is 22.1. The molecule has 0 atom stereocenters. The van der Waals surface area contributed by atoms with Crippen LogP contribution in [0.5, 0.6) is 0 Å². The van der Waals surface area contributed by atoms with E-state index in [0.717, 1.165) is 32.6 Å². The van der Waals surface area contributed by atoms with Gasteiger partial charge in [0.05, 0.1) is 16.9 Å². The zero-order valence-corrected chi connectivity index (χ0v) is 9.68. The number of hydrogen-bond acceptors (Lipinski definition) is 3. The lowest BCUT2D eigenvalue weighted by atomic mass is 9.87. The molecule has 1 aromatic rings. The monoisotopic (exact) mass is 218 g/mol. The van der Waals surface area contributed by atoms with Crippen LogP contribution in [0.25, 0.3) is 0 Å². The Morgan fingerprint density at radius 2 is 2.06 bits per heavy atom. The van der Waals surface area contributed by atoms with Crippen LogP contribution in [0.2, 0.25) is 0 Å². The van der Waals surface area contributed by atoms with Gasteiger partial charge in [-0.15, -0.1) is 0 Å². The summed E-state index contributed by atoms with van der Waals surface area (Å²) in [6.07, 6.45) is 2.18. The maximum Gasteiger partial charge on any atom is 0.0610 e. The fourth-order valence-corrected chi connectivity index (χ4v) is 2.62. The van der Waals surface area contributed by atoms with Crippen LogP contribution in [0.3, 0.4) is 0 Å². The minimum absolute atomic E-state index is 0.206. The van der Waals surface area contributed by atoms with Crippen molar-refractivity contribution >= 4 is 11.4 Å². The van der Waals surface area contributed by atoms with E-state index in [9.17, 15) is 0 Å². The van der Waals surface area contributed by atoms with Crippen molar-refractivity contribution in [2.24, 2.45) is 0 Å².